The van der Waals surface area contributed by atoms with Crippen molar-refractivity contribution in [3.05, 3.63) is 70.7 Å². The summed E-state index contributed by atoms with van der Waals surface area (Å²) in [6.45, 7) is 1.39. The molecule has 0 fully saturated rings. The number of amides is 2. The summed E-state index contributed by atoms with van der Waals surface area (Å²) in [6, 6.07) is 15.9. The van der Waals surface area contributed by atoms with Gasteiger partial charge in [0, 0.05) is 0 Å². The lowest BCUT2D eigenvalue weighted by Gasteiger charge is -2.11. The van der Waals surface area contributed by atoms with Crippen LogP contribution in [-0.2, 0) is 4.79 Å². The van der Waals surface area contributed by atoms with Gasteiger partial charge in [-0.3, -0.25) is 25.4 Å². The second-order valence-corrected chi connectivity index (χ2v) is 6.65. The van der Waals surface area contributed by atoms with Crippen molar-refractivity contribution in [2.45, 2.75) is 6.92 Å². The van der Waals surface area contributed by atoms with Crippen molar-refractivity contribution in [2.75, 3.05) is 6.61 Å². The average Bonchev–Trinajstić information content (AvgIpc) is 3.25. The lowest BCUT2D eigenvalue weighted by atomic mass is 10.1. The van der Waals surface area contributed by atoms with Crippen LogP contribution in [0.15, 0.2) is 53.9 Å². The minimum absolute atomic E-state index is 0.302. The molecule has 0 unspecified atom stereocenters. The zero-order valence-corrected chi connectivity index (χ0v) is 15.7. The predicted octanol–water partition coefficient (Wildman–Crippen LogP) is 2.83. The van der Waals surface area contributed by atoms with Gasteiger partial charge in [-0.15, -0.1) is 11.3 Å². The molecule has 0 aliphatic heterocycles. The van der Waals surface area contributed by atoms with E-state index in [1.54, 1.807) is 54.7 Å². The number of hydrogen-bond acceptors (Lipinski definition) is 6. The van der Waals surface area contributed by atoms with E-state index in [1.807, 2.05) is 23.6 Å². The van der Waals surface area contributed by atoms with Gasteiger partial charge in [-0.25, -0.2) is 0 Å². The Balaban J connectivity index is 1.55. The molecule has 0 bridgehead atoms. The van der Waals surface area contributed by atoms with Crippen molar-refractivity contribution in [1.29, 1.82) is 5.26 Å². The summed E-state index contributed by atoms with van der Waals surface area (Å²) < 4.78 is 5.31. The van der Waals surface area contributed by atoms with Gasteiger partial charge >= 0.3 is 0 Å². The summed E-state index contributed by atoms with van der Waals surface area (Å²) in [5.41, 5.74) is 6.65. The summed E-state index contributed by atoms with van der Waals surface area (Å²) in [6.07, 6.45) is 0. The lowest BCUT2D eigenvalue weighted by molar-refractivity contribution is -0.123. The molecule has 0 spiro atoms. The first-order valence-electron chi connectivity index (χ1n) is 8.31. The first kappa shape index (κ1) is 19.1. The Morgan fingerprint density at radius 2 is 1.96 bits per heavy atom. The second-order valence-electron chi connectivity index (χ2n) is 5.71. The number of nitrogens with zero attached hydrogens (tertiary/aromatic N) is 2. The summed E-state index contributed by atoms with van der Waals surface area (Å²) in [5.74, 6) is -0.730. The van der Waals surface area contributed by atoms with Gasteiger partial charge in [0.25, 0.3) is 11.8 Å². The number of nitrogens with one attached hydrogen (secondary N) is 2. The van der Waals surface area contributed by atoms with Gasteiger partial charge in [0.1, 0.15) is 11.8 Å². The largest absolute Gasteiger partial charge is 0.482 e. The summed E-state index contributed by atoms with van der Waals surface area (Å²) in [7, 11) is 0. The molecular formula is C20H16N4O3S. The first-order chi connectivity index (χ1) is 13.6. The van der Waals surface area contributed by atoms with Crippen LogP contribution in [0.4, 0.5) is 0 Å². The molecule has 2 aromatic heterocycles. The van der Waals surface area contributed by atoms with Gasteiger partial charge in [-0.1, -0.05) is 18.2 Å². The Bertz CT molecular complexity index is 1040. The van der Waals surface area contributed by atoms with Crippen LogP contribution in [0.2, 0.25) is 0 Å². The van der Waals surface area contributed by atoms with Gasteiger partial charge in [-0.2, -0.15) is 5.26 Å². The molecule has 8 heteroatoms. The number of carbonyl (C=O) groups is 2. The molecule has 0 aliphatic rings. The molecule has 0 aliphatic carbocycles. The van der Waals surface area contributed by atoms with Crippen LogP contribution in [0.1, 0.15) is 21.6 Å². The number of hydrogen-bond donors (Lipinski definition) is 2. The van der Waals surface area contributed by atoms with Crippen LogP contribution in [0, 0.1) is 18.3 Å². The van der Waals surface area contributed by atoms with E-state index in [-0.39, 0.29) is 6.61 Å². The Labute approximate surface area is 165 Å². The number of aryl methyl sites for hydroxylation is 1. The van der Waals surface area contributed by atoms with Crippen molar-refractivity contribution in [3.8, 4) is 22.4 Å². The van der Waals surface area contributed by atoms with Crippen molar-refractivity contribution < 1.29 is 14.3 Å². The molecule has 7 nitrogen and oxygen atoms in total. The topological polar surface area (TPSA) is 104 Å². The number of rotatable bonds is 5. The third kappa shape index (κ3) is 4.52. The van der Waals surface area contributed by atoms with Crippen LogP contribution in [0.25, 0.3) is 10.6 Å². The van der Waals surface area contributed by atoms with Crippen LogP contribution in [0.5, 0.6) is 5.75 Å². The monoisotopic (exact) mass is 392 g/mol. The molecule has 2 N–H and O–H groups in total. The zero-order chi connectivity index (χ0) is 19.9. The molecule has 0 saturated carbocycles. The van der Waals surface area contributed by atoms with Gasteiger partial charge in [0.05, 0.1) is 27.4 Å². The molecule has 0 radical (unpaired) electrons. The molecule has 28 heavy (non-hydrogen) atoms. The van der Waals surface area contributed by atoms with Crippen molar-refractivity contribution in [1.82, 2.24) is 15.8 Å². The Morgan fingerprint density at radius 1 is 1.14 bits per heavy atom. The molecular weight excluding hydrogens is 376 g/mol. The Morgan fingerprint density at radius 3 is 2.68 bits per heavy atom. The van der Waals surface area contributed by atoms with Crippen LogP contribution in [-0.4, -0.2) is 23.4 Å². The fourth-order valence-corrected chi connectivity index (χ4v) is 3.12. The van der Waals surface area contributed by atoms with Crippen molar-refractivity contribution in [2.24, 2.45) is 0 Å². The summed E-state index contributed by atoms with van der Waals surface area (Å²) in [4.78, 5) is 29.6. The van der Waals surface area contributed by atoms with E-state index in [1.165, 1.54) is 0 Å². The molecule has 0 saturated heterocycles. The predicted molar refractivity (Wildman–Crippen MR) is 105 cm³/mol. The zero-order valence-electron chi connectivity index (χ0n) is 14.9. The van der Waals surface area contributed by atoms with E-state index in [0.29, 0.717) is 22.6 Å². The van der Waals surface area contributed by atoms with Crippen molar-refractivity contribution >= 4 is 23.2 Å². The molecule has 2 amide bonds. The lowest BCUT2D eigenvalue weighted by Crippen LogP contribution is -2.44. The number of benzene rings is 1. The maximum Gasteiger partial charge on any atom is 0.276 e. The summed E-state index contributed by atoms with van der Waals surface area (Å²) >= 11 is 1.57. The molecule has 0 atom stereocenters. The van der Waals surface area contributed by atoms with Gasteiger partial charge in [0.15, 0.2) is 6.61 Å². The number of ether oxygens (including phenoxy) is 1. The third-order valence-electron chi connectivity index (χ3n) is 3.79. The SMILES string of the molecule is Cc1nc(-c2cccs2)ccc1C(=O)NNC(=O)COc1ccccc1C#N. The Hall–Kier alpha value is -3.70. The number of nitriles is 1. The highest BCUT2D eigenvalue weighted by atomic mass is 32.1. The molecule has 1 aromatic carbocycles. The van der Waals surface area contributed by atoms with E-state index >= 15 is 0 Å². The molecule has 3 aromatic rings. The number of aromatic nitrogens is 1. The minimum atomic E-state index is -0.554. The van der Waals surface area contributed by atoms with E-state index in [9.17, 15) is 9.59 Å². The average molecular weight is 392 g/mol. The van der Waals surface area contributed by atoms with Crippen LogP contribution >= 0.6 is 11.3 Å². The fraction of sp³-hybridized carbons (Fsp3) is 0.100. The highest BCUT2D eigenvalue weighted by Gasteiger charge is 2.13. The second kappa shape index (κ2) is 8.79. The maximum atomic E-state index is 12.3. The highest BCUT2D eigenvalue weighted by molar-refractivity contribution is 7.13. The standard InChI is InChI=1S/C20H16N4O3S/c1-13-15(8-9-16(22-13)18-7-4-10-28-18)20(26)24-23-19(25)12-27-17-6-3-2-5-14(17)11-21/h2-10H,12H2,1H3,(H,23,25)(H,24,26). The number of hydrazine groups is 1. The van der Waals surface area contributed by atoms with Crippen LogP contribution < -0.4 is 15.6 Å². The number of carbonyl (C=O) groups excluding carboxylic acids is 2. The van der Waals surface area contributed by atoms with Gasteiger partial charge in [-0.05, 0) is 42.6 Å². The van der Waals surface area contributed by atoms with E-state index < -0.39 is 11.8 Å². The van der Waals surface area contributed by atoms with Crippen molar-refractivity contribution in [3.63, 3.8) is 0 Å². The number of pyridine rings is 1. The Kier molecular flexibility index (Phi) is 5.99. The smallest absolute Gasteiger partial charge is 0.276 e. The number of thiophene rings is 1. The highest BCUT2D eigenvalue weighted by Crippen LogP contribution is 2.23. The third-order valence-corrected chi connectivity index (χ3v) is 4.68. The molecule has 140 valence electrons. The van der Waals surface area contributed by atoms with Gasteiger partial charge in [0.2, 0.25) is 0 Å². The maximum absolute atomic E-state index is 12.3. The van der Waals surface area contributed by atoms with E-state index in [2.05, 4.69) is 15.8 Å². The summed E-state index contributed by atoms with van der Waals surface area (Å²) in [5, 5.41) is 11.0. The first-order valence-corrected chi connectivity index (χ1v) is 9.19. The number of para-hydroxylation sites is 1. The quantitative estimate of drug-likeness (QED) is 0.650. The van der Waals surface area contributed by atoms with E-state index in [0.717, 1.165) is 10.6 Å². The van der Waals surface area contributed by atoms with E-state index in [4.69, 9.17) is 10.00 Å². The normalized spacial score (nSPS) is 10.0. The van der Waals surface area contributed by atoms with Crippen LogP contribution in [0.3, 0.4) is 0 Å². The molecule has 3 rings (SSSR count). The van der Waals surface area contributed by atoms with Gasteiger partial charge < -0.3 is 4.74 Å². The molecule has 2 heterocycles. The fourth-order valence-electron chi connectivity index (χ4n) is 2.42. The minimum Gasteiger partial charge on any atom is -0.482 e.